The topological polar surface area (TPSA) is 83.5 Å². The predicted octanol–water partition coefficient (Wildman–Crippen LogP) is 0.181. The minimum Gasteiger partial charge on any atom is -0.480 e. The van der Waals surface area contributed by atoms with Gasteiger partial charge in [-0.05, 0) is 18.8 Å². The lowest BCUT2D eigenvalue weighted by Gasteiger charge is -2.09. The molecule has 1 aliphatic rings. The number of carboxylic acid groups (broad SMARTS) is 1. The average molecular weight is 221 g/mol. The summed E-state index contributed by atoms with van der Waals surface area (Å²) in [6.45, 7) is 0.385. The Morgan fingerprint density at radius 1 is 1.36 bits per heavy atom. The smallest absolute Gasteiger partial charge is 0.320 e. The minimum absolute atomic E-state index is 0.385. The summed E-state index contributed by atoms with van der Waals surface area (Å²) in [5.41, 5.74) is 0. The van der Waals surface area contributed by atoms with E-state index in [1.807, 2.05) is 0 Å². The van der Waals surface area contributed by atoms with Crippen molar-refractivity contribution >= 4 is 16.0 Å². The van der Waals surface area contributed by atoms with Gasteiger partial charge in [-0.1, -0.05) is 12.8 Å². The van der Waals surface area contributed by atoms with Crippen LogP contribution in [0.3, 0.4) is 0 Å². The van der Waals surface area contributed by atoms with Crippen LogP contribution in [0.4, 0.5) is 0 Å². The molecule has 1 aliphatic carbocycles. The van der Waals surface area contributed by atoms with Crippen LogP contribution in [-0.2, 0) is 14.8 Å². The van der Waals surface area contributed by atoms with E-state index in [1.165, 1.54) is 0 Å². The summed E-state index contributed by atoms with van der Waals surface area (Å²) < 4.78 is 24.5. The fraction of sp³-hybridized carbons (Fsp3) is 0.875. The number of nitrogens with one attached hydrogen (secondary N) is 1. The van der Waals surface area contributed by atoms with Crippen LogP contribution in [-0.4, -0.2) is 31.8 Å². The summed E-state index contributed by atoms with van der Waals surface area (Å²) in [7, 11) is -3.62. The van der Waals surface area contributed by atoms with Crippen LogP contribution in [0, 0.1) is 5.92 Å². The Labute approximate surface area is 83.6 Å². The molecule has 0 spiro atoms. The molecule has 5 nitrogen and oxygen atoms in total. The first-order valence-electron chi connectivity index (χ1n) is 4.69. The second-order valence-electron chi connectivity index (χ2n) is 3.65. The Morgan fingerprint density at radius 3 is 2.43 bits per heavy atom. The zero-order chi connectivity index (χ0) is 10.6. The highest BCUT2D eigenvalue weighted by atomic mass is 32.2. The number of hydrogen-bond acceptors (Lipinski definition) is 3. The molecule has 14 heavy (non-hydrogen) atoms. The van der Waals surface area contributed by atoms with Gasteiger partial charge in [-0.15, -0.1) is 0 Å². The van der Waals surface area contributed by atoms with Gasteiger partial charge < -0.3 is 5.11 Å². The molecule has 0 amide bonds. The predicted molar refractivity (Wildman–Crippen MR) is 51.4 cm³/mol. The van der Waals surface area contributed by atoms with Crippen molar-refractivity contribution in [3.05, 3.63) is 0 Å². The van der Waals surface area contributed by atoms with Crippen molar-refractivity contribution in [3.8, 4) is 0 Å². The fourth-order valence-electron chi connectivity index (χ4n) is 1.67. The summed E-state index contributed by atoms with van der Waals surface area (Å²) >= 11 is 0. The molecule has 0 aliphatic heterocycles. The van der Waals surface area contributed by atoms with Crippen LogP contribution in [0.15, 0.2) is 0 Å². The number of aliphatic carboxylic acids is 1. The Hall–Kier alpha value is -0.620. The maximum Gasteiger partial charge on any atom is 0.320 e. The van der Waals surface area contributed by atoms with Crippen molar-refractivity contribution in [1.82, 2.24) is 4.72 Å². The molecule has 0 unspecified atom stereocenters. The van der Waals surface area contributed by atoms with Gasteiger partial charge in [0.25, 0.3) is 0 Å². The number of rotatable bonds is 5. The molecule has 2 N–H and O–H groups in total. The van der Waals surface area contributed by atoms with E-state index in [0.717, 1.165) is 25.7 Å². The molecule has 82 valence electrons. The maximum absolute atomic E-state index is 11.1. The van der Waals surface area contributed by atoms with Crippen molar-refractivity contribution in [2.24, 2.45) is 5.92 Å². The molecule has 0 aromatic carbocycles. The quantitative estimate of drug-likeness (QED) is 0.693. The number of hydrogen-bond donors (Lipinski definition) is 2. The SMILES string of the molecule is O=C(O)CS(=O)(=O)NCC1CCCC1. The third kappa shape index (κ3) is 4.06. The largest absolute Gasteiger partial charge is 0.480 e. The molecule has 0 aromatic rings. The lowest BCUT2D eigenvalue weighted by atomic mass is 10.1. The summed E-state index contributed by atoms with van der Waals surface area (Å²) in [4.78, 5) is 10.2. The van der Waals surface area contributed by atoms with Crippen molar-refractivity contribution < 1.29 is 18.3 Å². The molecule has 1 rings (SSSR count). The lowest BCUT2D eigenvalue weighted by Crippen LogP contribution is -2.33. The van der Waals surface area contributed by atoms with Gasteiger partial charge in [0, 0.05) is 6.54 Å². The third-order valence-corrected chi connectivity index (χ3v) is 3.61. The lowest BCUT2D eigenvalue weighted by molar-refractivity contribution is -0.134. The Bertz CT molecular complexity index is 292. The first-order chi connectivity index (χ1) is 6.49. The number of carboxylic acids is 1. The van der Waals surface area contributed by atoms with Crippen molar-refractivity contribution in [2.75, 3.05) is 12.3 Å². The van der Waals surface area contributed by atoms with Gasteiger partial charge in [-0.3, -0.25) is 4.79 Å². The highest BCUT2D eigenvalue weighted by Crippen LogP contribution is 2.23. The van der Waals surface area contributed by atoms with E-state index >= 15 is 0 Å². The van der Waals surface area contributed by atoms with E-state index in [0.29, 0.717) is 12.5 Å². The molecule has 1 fully saturated rings. The van der Waals surface area contributed by atoms with Crippen LogP contribution in [0.5, 0.6) is 0 Å². The van der Waals surface area contributed by atoms with Gasteiger partial charge in [0.2, 0.25) is 10.0 Å². The molecule has 1 saturated carbocycles. The Morgan fingerprint density at radius 2 is 1.93 bits per heavy atom. The Balaban J connectivity index is 2.32. The van der Waals surface area contributed by atoms with Gasteiger partial charge in [0.15, 0.2) is 5.75 Å². The summed E-state index contributed by atoms with van der Waals surface area (Å²) in [6, 6.07) is 0. The van der Waals surface area contributed by atoms with Crippen LogP contribution in [0.2, 0.25) is 0 Å². The van der Waals surface area contributed by atoms with Gasteiger partial charge in [-0.25, -0.2) is 13.1 Å². The molecule has 0 aromatic heterocycles. The molecule has 0 radical (unpaired) electrons. The van der Waals surface area contributed by atoms with Crippen LogP contribution in [0.25, 0.3) is 0 Å². The van der Waals surface area contributed by atoms with Crippen LogP contribution in [0.1, 0.15) is 25.7 Å². The monoisotopic (exact) mass is 221 g/mol. The van der Waals surface area contributed by atoms with E-state index in [-0.39, 0.29) is 0 Å². The van der Waals surface area contributed by atoms with E-state index in [4.69, 9.17) is 5.11 Å². The van der Waals surface area contributed by atoms with Gasteiger partial charge in [-0.2, -0.15) is 0 Å². The summed E-state index contributed by atoms with van der Waals surface area (Å²) in [5, 5.41) is 8.32. The van der Waals surface area contributed by atoms with E-state index < -0.39 is 21.7 Å². The molecular weight excluding hydrogens is 206 g/mol. The van der Waals surface area contributed by atoms with Crippen molar-refractivity contribution in [3.63, 3.8) is 0 Å². The highest BCUT2D eigenvalue weighted by Gasteiger charge is 2.19. The maximum atomic E-state index is 11.1. The van der Waals surface area contributed by atoms with E-state index in [9.17, 15) is 13.2 Å². The number of sulfonamides is 1. The Kier molecular flexibility index (Phi) is 3.88. The van der Waals surface area contributed by atoms with Crippen LogP contribution < -0.4 is 4.72 Å². The zero-order valence-electron chi connectivity index (χ0n) is 7.90. The van der Waals surface area contributed by atoms with Crippen LogP contribution >= 0.6 is 0 Å². The summed E-state index contributed by atoms with van der Waals surface area (Å²) in [5.74, 6) is -1.76. The van der Waals surface area contributed by atoms with Gasteiger partial charge in [0.05, 0.1) is 0 Å². The standard InChI is InChI=1S/C8H15NO4S/c10-8(11)6-14(12,13)9-5-7-3-1-2-4-7/h7,9H,1-6H2,(H,10,11). The normalized spacial score (nSPS) is 18.6. The molecule has 0 atom stereocenters. The molecule has 0 saturated heterocycles. The number of carbonyl (C=O) groups is 1. The zero-order valence-corrected chi connectivity index (χ0v) is 8.72. The highest BCUT2D eigenvalue weighted by molar-refractivity contribution is 7.90. The van der Waals surface area contributed by atoms with Gasteiger partial charge in [0.1, 0.15) is 0 Å². The van der Waals surface area contributed by atoms with E-state index in [1.54, 1.807) is 0 Å². The molecule has 6 heteroatoms. The second kappa shape index (κ2) is 4.75. The second-order valence-corrected chi connectivity index (χ2v) is 5.46. The third-order valence-electron chi connectivity index (χ3n) is 2.38. The minimum atomic E-state index is -3.62. The van der Waals surface area contributed by atoms with Crippen molar-refractivity contribution in [1.29, 1.82) is 0 Å². The molecule has 0 bridgehead atoms. The van der Waals surface area contributed by atoms with Crippen molar-refractivity contribution in [2.45, 2.75) is 25.7 Å². The average Bonchev–Trinajstić information content (AvgIpc) is 2.50. The molecule has 0 heterocycles. The van der Waals surface area contributed by atoms with Gasteiger partial charge >= 0.3 is 5.97 Å². The molecular formula is C8H15NO4S. The first kappa shape index (κ1) is 11.5. The van der Waals surface area contributed by atoms with E-state index in [2.05, 4.69) is 4.72 Å². The first-order valence-corrected chi connectivity index (χ1v) is 6.34. The fourth-order valence-corrected chi connectivity index (χ4v) is 2.59. The summed E-state index contributed by atoms with van der Waals surface area (Å²) in [6.07, 6.45) is 4.36.